The van der Waals surface area contributed by atoms with Crippen molar-refractivity contribution in [2.24, 2.45) is 0 Å². The molecule has 1 aliphatic heterocycles. The van der Waals surface area contributed by atoms with Crippen LogP contribution in [0.2, 0.25) is 0 Å². The molecule has 2 aromatic carbocycles. The van der Waals surface area contributed by atoms with Crippen molar-refractivity contribution in [3.05, 3.63) is 83.9 Å². The first kappa shape index (κ1) is 20.6. The van der Waals surface area contributed by atoms with Crippen LogP contribution in [0.15, 0.2) is 71.8 Å². The van der Waals surface area contributed by atoms with Crippen LogP contribution in [-0.4, -0.2) is 34.8 Å². The van der Waals surface area contributed by atoms with Crippen molar-refractivity contribution in [3.63, 3.8) is 0 Å². The molecule has 0 atom stereocenters. The molecule has 0 saturated carbocycles. The van der Waals surface area contributed by atoms with Gasteiger partial charge in [-0.2, -0.15) is 0 Å². The maximum atomic E-state index is 13.8. The summed E-state index contributed by atoms with van der Waals surface area (Å²) in [5.74, 6) is 0.420. The average Bonchev–Trinajstić information content (AvgIpc) is 3.11. The van der Waals surface area contributed by atoms with Crippen LogP contribution in [0.4, 0.5) is 15.9 Å². The number of halogens is 1. The number of hydrogen-bond acceptors (Lipinski definition) is 4. The zero-order chi connectivity index (χ0) is 22.1. The highest BCUT2D eigenvalue weighted by Crippen LogP contribution is 2.27. The summed E-state index contributed by atoms with van der Waals surface area (Å²) in [5.41, 5.74) is 2.91. The van der Waals surface area contributed by atoms with E-state index in [1.165, 1.54) is 18.6 Å². The minimum atomic E-state index is -0.289. The molecule has 7 heteroatoms. The molecule has 3 heterocycles. The van der Waals surface area contributed by atoms with E-state index in [2.05, 4.69) is 21.3 Å². The number of pyridine rings is 1. The molecular weight excluding hydrogens is 423 g/mol. The second kappa shape index (κ2) is 8.67. The van der Waals surface area contributed by atoms with Gasteiger partial charge in [0.1, 0.15) is 17.3 Å². The zero-order valence-corrected chi connectivity index (χ0v) is 18.5. The van der Waals surface area contributed by atoms with Crippen LogP contribution in [0.5, 0.6) is 0 Å². The molecular formula is C25H23FN4OS. The largest absolute Gasteiger partial charge is 0.356 e. The average molecular weight is 447 g/mol. The molecule has 2 aromatic heterocycles. The van der Waals surface area contributed by atoms with E-state index in [1.54, 1.807) is 24.0 Å². The van der Waals surface area contributed by atoms with E-state index in [4.69, 9.17) is 0 Å². The zero-order valence-electron chi connectivity index (χ0n) is 17.7. The molecule has 0 bridgehead atoms. The van der Waals surface area contributed by atoms with Gasteiger partial charge < -0.3 is 14.8 Å². The number of hydrogen-bond donors (Lipinski definition) is 1. The van der Waals surface area contributed by atoms with Gasteiger partial charge in [0, 0.05) is 29.9 Å². The third-order valence-corrected chi connectivity index (χ3v) is 6.48. The Morgan fingerprint density at radius 3 is 2.69 bits per heavy atom. The fraction of sp³-hybridized carbons (Fsp3) is 0.200. The topological polar surface area (TPSA) is 50.2 Å². The number of aromatic nitrogens is 2. The first-order chi connectivity index (χ1) is 15.6. The van der Waals surface area contributed by atoms with Gasteiger partial charge in [0.05, 0.1) is 17.4 Å². The second-order valence-electron chi connectivity index (χ2n) is 7.87. The molecule has 5 nitrogen and oxygen atoms in total. The fourth-order valence-corrected chi connectivity index (χ4v) is 4.36. The van der Waals surface area contributed by atoms with Crippen molar-refractivity contribution in [1.29, 1.82) is 0 Å². The number of fused-ring (bicyclic) bond motifs is 1. The fourth-order valence-electron chi connectivity index (χ4n) is 3.93. The van der Waals surface area contributed by atoms with Gasteiger partial charge >= 0.3 is 0 Å². The lowest BCUT2D eigenvalue weighted by atomic mass is 10.2. The van der Waals surface area contributed by atoms with Crippen LogP contribution >= 0.6 is 11.8 Å². The molecule has 0 radical (unpaired) electrons. The van der Waals surface area contributed by atoms with Crippen LogP contribution in [0.3, 0.4) is 0 Å². The lowest BCUT2D eigenvalue weighted by molar-refractivity contribution is 0.101. The van der Waals surface area contributed by atoms with Gasteiger partial charge in [-0.25, -0.2) is 9.37 Å². The molecule has 32 heavy (non-hydrogen) atoms. The Morgan fingerprint density at radius 2 is 2.00 bits per heavy atom. The highest BCUT2D eigenvalue weighted by Gasteiger charge is 2.18. The van der Waals surface area contributed by atoms with E-state index >= 15 is 0 Å². The Morgan fingerprint density at radius 1 is 1.12 bits per heavy atom. The normalized spacial score (nSPS) is 13.2. The minimum Gasteiger partial charge on any atom is -0.356 e. The minimum absolute atomic E-state index is 0.221. The quantitative estimate of drug-likeness (QED) is 0.403. The maximum Gasteiger partial charge on any atom is 0.272 e. The Kier molecular flexibility index (Phi) is 5.57. The molecule has 1 fully saturated rings. The summed E-state index contributed by atoms with van der Waals surface area (Å²) in [5, 5.41) is 3.94. The molecule has 1 N–H and O–H groups in total. The summed E-state index contributed by atoms with van der Waals surface area (Å²) in [6.45, 7) is 2.45. The van der Waals surface area contributed by atoms with Gasteiger partial charge in [0.15, 0.2) is 0 Å². The predicted molar refractivity (Wildman–Crippen MR) is 128 cm³/mol. The van der Waals surface area contributed by atoms with Gasteiger partial charge in [-0.15, -0.1) is 11.8 Å². The number of carbonyl (C=O) groups excluding carboxylic acids is 1. The number of nitrogens with zero attached hydrogens (tertiary/aromatic N) is 3. The smallest absolute Gasteiger partial charge is 0.272 e. The van der Waals surface area contributed by atoms with Crippen molar-refractivity contribution in [2.45, 2.75) is 17.9 Å². The Bertz CT molecular complexity index is 1280. The molecule has 0 unspecified atom stereocenters. The Labute approximate surface area is 190 Å². The van der Waals surface area contributed by atoms with Gasteiger partial charge in [0.25, 0.3) is 5.91 Å². The molecule has 0 aliphatic carbocycles. The third-order valence-electron chi connectivity index (χ3n) is 5.76. The summed E-state index contributed by atoms with van der Waals surface area (Å²) in [6.07, 6.45) is 4.90. The molecule has 1 saturated heterocycles. The second-order valence-corrected chi connectivity index (χ2v) is 8.75. The van der Waals surface area contributed by atoms with Crippen molar-refractivity contribution < 1.29 is 9.18 Å². The summed E-state index contributed by atoms with van der Waals surface area (Å²) < 4.78 is 15.7. The molecule has 5 rings (SSSR count). The number of thioether (sulfide) groups is 1. The maximum absolute atomic E-state index is 13.8. The number of carbonyl (C=O) groups is 1. The lowest BCUT2D eigenvalue weighted by Crippen LogP contribution is -2.37. The summed E-state index contributed by atoms with van der Waals surface area (Å²) in [6, 6.07) is 18.3. The van der Waals surface area contributed by atoms with Crippen molar-refractivity contribution in [1.82, 2.24) is 9.55 Å². The molecule has 0 spiro atoms. The first-order valence-corrected chi connectivity index (χ1v) is 11.8. The lowest BCUT2D eigenvalue weighted by Gasteiger charge is -2.31. The van der Waals surface area contributed by atoms with E-state index in [-0.39, 0.29) is 11.7 Å². The van der Waals surface area contributed by atoms with Crippen molar-refractivity contribution >= 4 is 40.1 Å². The van der Waals surface area contributed by atoms with E-state index < -0.39 is 0 Å². The van der Waals surface area contributed by atoms with E-state index in [1.807, 2.05) is 47.2 Å². The van der Waals surface area contributed by atoms with Gasteiger partial charge in [0.2, 0.25) is 0 Å². The number of nitrogens with one attached hydrogen (secondary N) is 1. The number of benzene rings is 2. The van der Waals surface area contributed by atoms with Crippen LogP contribution in [-0.2, 0) is 6.54 Å². The van der Waals surface area contributed by atoms with Crippen molar-refractivity contribution in [3.8, 4) is 0 Å². The van der Waals surface area contributed by atoms with E-state index in [0.29, 0.717) is 17.9 Å². The number of anilines is 2. The highest BCUT2D eigenvalue weighted by atomic mass is 32.2. The molecule has 4 aromatic rings. The predicted octanol–water partition coefficient (Wildman–Crippen LogP) is 5.41. The van der Waals surface area contributed by atoms with E-state index in [9.17, 15) is 9.18 Å². The Balaban J connectivity index is 1.48. The molecule has 1 aliphatic rings. The van der Waals surface area contributed by atoms with Crippen LogP contribution in [0.25, 0.3) is 10.9 Å². The van der Waals surface area contributed by atoms with Crippen LogP contribution in [0, 0.1) is 5.82 Å². The number of rotatable bonds is 6. The number of amides is 1. The third kappa shape index (κ3) is 4.08. The molecule has 1 amide bonds. The summed E-state index contributed by atoms with van der Waals surface area (Å²) in [4.78, 5) is 21.0. The monoisotopic (exact) mass is 446 g/mol. The highest BCUT2D eigenvalue weighted by molar-refractivity contribution is 7.98. The summed E-state index contributed by atoms with van der Waals surface area (Å²) >= 11 is 1.65. The van der Waals surface area contributed by atoms with Crippen LogP contribution < -0.4 is 10.2 Å². The van der Waals surface area contributed by atoms with Gasteiger partial charge in [-0.3, -0.25) is 4.79 Å². The SMILES string of the molecule is CSc1ccc2cc(C(=O)Nc3ccc(N4CCC4)nc3)n(Cc3cccc(F)c3)c2c1. The van der Waals surface area contributed by atoms with Gasteiger partial charge in [-0.05, 0) is 60.7 Å². The summed E-state index contributed by atoms with van der Waals surface area (Å²) in [7, 11) is 0. The van der Waals surface area contributed by atoms with Crippen LogP contribution in [0.1, 0.15) is 22.5 Å². The Hall–Kier alpha value is -3.32. The first-order valence-electron chi connectivity index (χ1n) is 10.5. The van der Waals surface area contributed by atoms with E-state index in [0.717, 1.165) is 40.3 Å². The molecule has 162 valence electrons. The van der Waals surface area contributed by atoms with Crippen molar-refractivity contribution in [2.75, 3.05) is 29.6 Å². The van der Waals surface area contributed by atoms with Gasteiger partial charge in [-0.1, -0.05) is 18.2 Å². The standard InChI is InChI=1S/C25H23FN4OS/c1-32-21-8-6-18-13-23(30(22(18)14-21)16-17-4-2-5-19(26)12-17)25(31)28-20-7-9-24(27-15-20)29-10-3-11-29/h2,4-9,12-15H,3,10-11,16H2,1H3,(H,28,31).